The standard InChI is InChI=1S/C13H13ClN2O2/c1-3-7-16-12-9(5-4-6-10(12)14)11(13(16)18)15-8(2)17/h3-6,11H,1,7H2,2H3,(H,15,17). The van der Waals surface area contributed by atoms with Crippen LogP contribution in [0.5, 0.6) is 0 Å². The van der Waals surface area contributed by atoms with Crippen molar-refractivity contribution in [2.24, 2.45) is 0 Å². The van der Waals surface area contributed by atoms with Gasteiger partial charge in [0.1, 0.15) is 6.04 Å². The maximum absolute atomic E-state index is 12.2. The molecule has 1 aromatic rings. The minimum atomic E-state index is -0.656. The van der Waals surface area contributed by atoms with E-state index in [0.29, 0.717) is 17.3 Å². The molecular formula is C13H13ClN2O2. The van der Waals surface area contributed by atoms with Crippen LogP contribution in [0.3, 0.4) is 0 Å². The van der Waals surface area contributed by atoms with Crippen LogP contribution in [0.2, 0.25) is 5.02 Å². The summed E-state index contributed by atoms with van der Waals surface area (Å²) in [7, 11) is 0. The van der Waals surface area contributed by atoms with E-state index in [4.69, 9.17) is 11.6 Å². The third-order valence-corrected chi connectivity index (χ3v) is 3.08. The topological polar surface area (TPSA) is 49.4 Å². The first-order valence-electron chi connectivity index (χ1n) is 5.54. The summed E-state index contributed by atoms with van der Waals surface area (Å²) in [4.78, 5) is 24.9. The first-order valence-corrected chi connectivity index (χ1v) is 5.92. The molecule has 0 saturated heterocycles. The van der Waals surface area contributed by atoms with Gasteiger partial charge < -0.3 is 10.2 Å². The largest absolute Gasteiger partial charge is 0.341 e. The van der Waals surface area contributed by atoms with Crippen molar-refractivity contribution in [2.45, 2.75) is 13.0 Å². The summed E-state index contributed by atoms with van der Waals surface area (Å²) in [5.74, 6) is -0.437. The van der Waals surface area contributed by atoms with Crippen molar-refractivity contribution in [3.8, 4) is 0 Å². The molecule has 0 saturated carbocycles. The van der Waals surface area contributed by atoms with Gasteiger partial charge in [0.2, 0.25) is 5.91 Å². The monoisotopic (exact) mass is 264 g/mol. The van der Waals surface area contributed by atoms with E-state index < -0.39 is 6.04 Å². The second-order valence-electron chi connectivity index (χ2n) is 4.05. The van der Waals surface area contributed by atoms with Crippen LogP contribution in [-0.4, -0.2) is 18.4 Å². The number of benzene rings is 1. The molecule has 0 radical (unpaired) electrons. The predicted molar refractivity (Wildman–Crippen MR) is 70.6 cm³/mol. The molecule has 94 valence electrons. The smallest absolute Gasteiger partial charge is 0.254 e. The third kappa shape index (κ3) is 1.99. The van der Waals surface area contributed by atoms with Crippen LogP contribution in [0.1, 0.15) is 18.5 Å². The fraction of sp³-hybridized carbons (Fsp3) is 0.231. The molecule has 1 N–H and O–H groups in total. The van der Waals surface area contributed by atoms with E-state index >= 15 is 0 Å². The average molecular weight is 265 g/mol. The average Bonchev–Trinajstić information content (AvgIpc) is 2.56. The van der Waals surface area contributed by atoms with E-state index in [1.807, 2.05) is 0 Å². The van der Waals surface area contributed by atoms with Crippen molar-refractivity contribution >= 4 is 29.1 Å². The molecule has 1 aromatic carbocycles. The second kappa shape index (κ2) is 4.82. The van der Waals surface area contributed by atoms with Crippen LogP contribution in [0.15, 0.2) is 30.9 Å². The summed E-state index contributed by atoms with van der Waals surface area (Å²) >= 11 is 6.13. The molecule has 5 heteroatoms. The normalized spacial score (nSPS) is 17.6. The van der Waals surface area contributed by atoms with Crippen LogP contribution < -0.4 is 10.2 Å². The summed E-state index contributed by atoms with van der Waals surface area (Å²) in [6.07, 6.45) is 1.63. The molecule has 1 atom stereocenters. The zero-order chi connectivity index (χ0) is 13.3. The van der Waals surface area contributed by atoms with Gasteiger partial charge in [0.15, 0.2) is 0 Å². The Bertz CT molecular complexity index is 528. The summed E-state index contributed by atoms with van der Waals surface area (Å²) in [6, 6.07) is 4.62. The van der Waals surface area contributed by atoms with Gasteiger partial charge in [-0.3, -0.25) is 9.59 Å². The second-order valence-corrected chi connectivity index (χ2v) is 4.46. The molecule has 18 heavy (non-hydrogen) atoms. The minimum absolute atomic E-state index is 0.187. The highest BCUT2D eigenvalue weighted by Crippen LogP contribution is 2.40. The Labute approximate surface area is 110 Å². The van der Waals surface area contributed by atoms with Gasteiger partial charge in [-0.25, -0.2) is 0 Å². The number of amides is 2. The van der Waals surface area contributed by atoms with E-state index in [-0.39, 0.29) is 11.8 Å². The van der Waals surface area contributed by atoms with E-state index in [1.54, 1.807) is 24.3 Å². The Hall–Kier alpha value is -1.81. The van der Waals surface area contributed by atoms with Crippen LogP contribution in [0.25, 0.3) is 0 Å². The lowest BCUT2D eigenvalue weighted by atomic mass is 10.1. The third-order valence-electron chi connectivity index (χ3n) is 2.77. The van der Waals surface area contributed by atoms with Gasteiger partial charge in [-0.2, -0.15) is 0 Å². The van der Waals surface area contributed by atoms with E-state index in [9.17, 15) is 9.59 Å². The number of halogens is 1. The molecule has 0 fully saturated rings. The Kier molecular flexibility index (Phi) is 3.39. The van der Waals surface area contributed by atoms with Crippen molar-refractivity contribution in [3.05, 3.63) is 41.4 Å². The fourth-order valence-electron chi connectivity index (χ4n) is 2.10. The molecule has 0 aromatic heterocycles. The van der Waals surface area contributed by atoms with Gasteiger partial charge in [0, 0.05) is 19.0 Å². The molecular weight excluding hydrogens is 252 g/mol. The van der Waals surface area contributed by atoms with Crippen molar-refractivity contribution < 1.29 is 9.59 Å². The number of nitrogens with one attached hydrogen (secondary N) is 1. The molecule has 2 amide bonds. The highest BCUT2D eigenvalue weighted by molar-refractivity contribution is 6.34. The van der Waals surface area contributed by atoms with E-state index in [1.165, 1.54) is 11.8 Å². The van der Waals surface area contributed by atoms with Gasteiger partial charge in [-0.1, -0.05) is 29.8 Å². The van der Waals surface area contributed by atoms with Gasteiger partial charge >= 0.3 is 0 Å². The molecule has 0 aliphatic carbocycles. The number of para-hydroxylation sites is 1. The Morgan fingerprint density at radius 2 is 2.33 bits per heavy atom. The molecule has 1 heterocycles. The van der Waals surface area contributed by atoms with Gasteiger partial charge in [-0.15, -0.1) is 6.58 Å². The molecule has 1 aliphatic heterocycles. The Morgan fingerprint density at radius 1 is 1.61 bits per heavy atom. The van der Waals surface area contributed by atoms with Crippen LogP contribution in [-0.2, 0) is 9.59 Å². The van der Waals surface area contributed by atoms with Crippen LogP contribution >= 0.6 is 11.6 Å². The number of fused-ring (bicyclic) bond motifs is 1. The number of hydrogen-bond acceptors (Lipinski definition) is 2. The Balaban J connectivity index is 2.50. The van der Waals surface area contributed by atoms with Gasteiger partial charge in [0.05, 0.1) is 10.7 Å². The van der Waals surface area contributed by atoms with Crippen LogP contribution in [0, 0.1) is 0 Å². The lowest BCUT2D eigenvalue weighted by Crippen LogP contribution is -2.36. The maximum Gasteiger partial charge on any atom is 0.254 e. The molecule has 0 bridgehead atoms. The predicted octanol–water partition coefficient (Wildman–Crippen LogP) is 2.05. The molecule has 1 unspecified atom stereocenters. The number of anilines is 1. The van der Waals surface area contributed by atoms with Crippen molar-refractivity contribution in [1.29, 1.82) is 0 Å². The molecule has 1 aliphatic rings. The summed E-state index contributed by atoms with van der Waals surface area (Å²) in [5.41, 5.74) is 1.38. The summed E-state index contributed by atoms with van der Waals surface area (Å²) in [6.45, 7) is 5.37. The summed E-state index contributed by atoms with van der Waals surface area (Å²) in [5, 5.41) is 3.14. The van der Waals surface area contributed by atoms with Gasteiger partial charge in [0.25, 0.3) is 5.91 Å². The van der Waals surface area contributed by atoms with E-state index in [2.05, 4.69) is 11.9 Å². The first kappa shape index (κ1) is 12.6. The SMILES string of the molecule is C=CCN1C(=O)C(NC(C)=O)c2cccc(Cl)c21. The quantitative estimate of drug-likeness (QED) is 0.850. The lowest BCUT2D eigenvalue weighted by Gasteiger charge is -2.16. The minimum Gasteiger partial charge on any atom is -0.341 e. The lowest BCUT2D eigenvalue weighted by molar-refractivity contribution is -0.126. The van der Waals surface area contributed by atoms with E-state index in [0.717, 1.165) is 5.56 Å². The Morgan fingerprint density at radius 3 is 2.94 bits per heavy atom. The van der Waals surface area contributed by atoms with Gasteiger partial charge in [-0.05, 0) is 6.07 Å². The number of carbonyl (C=O) groups excluding carboxylic acids is 2. The van der Waals surface area contributed by atoms with Crippen molar-refractivity contribution in [2.75, 3.05) is 11.4 Å². The summed E-state index contributed by atoms with van der Waals surface area (Å²) < 4.78 is 0. The number of rotatable bonds is 3. The number of hydrogen-bond donors (Lipinski definition) is 1. The van der Waals surface area contributed by atoms with Crippen molar-refractivity contribution in [3.63, 3.8) is 0 Å². The van der Waals surface area contributed by atoms with Crippen molar-refractivity contribution in [1.82, 2.24) is 5.32 Å². The zero-order valence-corrected chi connectivity index (χ0v) is 10.7. The maximum atomic E-state index is 12.2. The molecule has 2 rings (SSSR count). The first-order chi connectivity index (χ1) is 8.56. The van der Waals surface area contributed by atoms with Crippen LogP contribution in [0.4, 0.5) is 5.69 Å². The highest BCUT2D eigenvalue weighted by Gasteiger charge is 2.38. The number of nitrogens with zero attached hydrogens (tertiary/aromatic N) is 1. The number of carbonyl (C=O) groups is 2. The zero-order valence-electron chi connectivity index (χ0n) is 9.94. The fourth-order valence-corrected chi connectivity index (χ4v) is 2.39. The molecule has 4 nitrogen and oxygen atoms in total. The highest BCUT2D eigenvalue weighted by atomic mass is 35.5. The molecule has 0 spiro atoms.